The van der Waals surface area contributed by atoms with Gasteiger partial charge in [-0.2, -0.15) is 0 Å². The molecule has 2 aromatic heterocycles. The van der Waals surface area contributed by atoms with Gasteiger partial charge in [-0.25, -0.2) is 14.7 Å². The number of fused-ring (bicyclic) bond motifs is 1. The Balaban J connectivity index is 1.70. The van der Waals surface area contributed by atoms with E-state index in [0.717, 1.165) is 37.3 Å². The zero-order chi connectivity index (χ0) is 19.0. The Morgan fingerprint density at radius 1 is 1.30 bits per heavy atom. The number of rotatable bonds is 3. The van der Waals surface area contributed by atoms with Crippen molar-refractivity contribution in [1.29, 1.82) is 0 Å². The first-order chi connectivity index (χ1) is 13.1. The van der Waals surface area contributed by atoms with Gasteiger partial charge in [-0.3, -0.25) is 9.78 Å². The Bertz CT molecular complexity index is 1030. The van der Waals surface area contributed by atoms with Crippen molar-refractivity contribution in [3.05, 3.63) is 53.0 Å². The van der Waals surface area contributed by atoms with E-state index >= 15 is 0 Å². The van der Waals surface area contributed by atoms with Crippen molar-refractivity contribution in [3.8, 4) is 22.0 Å². The number of benzene rings is 1. The second-order valence-corrected chi connectivity index (χ2v) is 7.29. The lowest BCUT2D eigenvalue weighted by Gasteiger charge is -2.14. The van der Waals surface area contributed by atoms with Crippen molar-refractivity contribution in [2.45, 2.75) is 20.3 Å². The van der Waals surface area contributed by atoms with E-state index in [1.54, 1.807) is 30.5 Å². The molecule has 2 amide bonds. The summed E-state index contributed by atoms with van der Waals surface area (Å²) in [7, 11) is 0. The number of carbonyl (C=O) groups is 2. The first kappa shape index (κ1) is 17.4. The van der Waals surface area contributed by atoms with Gasteiger partial charge in [0.15, 0.2) is 0 Å². The molecule has 1 aliphatic heterocycles. The standard InChI is InChI=1S/C20H17N3O3S/c1-3-26-20(25)23-16-8-7-13(10-14(16)11-17(23)24)18-12(2)27-19(22-18)15-6-4-5-9-21-15/h4-10H,3,11H2,1-2H3. The van der Waals surface area contributed by atoms with Crippen molar-refractivity contribution in [1.82, 2.24) is 9.97 Å². The summed E-state index contributed by atoms with van der Waals surface area (Å²) in [5, 5.41) is 0.854. The van der Waals surface area contributed by atoms with Gasteiger partial charge in [0.1, 0.15) is 5.01 Å². The van der Waals surface area contributed by atoms with Gasteiger partial charge >= 0.3 is 6.09 Å². The van der Waals surface area contributed by atoms with Crippen molar-refractivity contribution < 1.29 is 14.3 Å². The van der Waals surface area contributed by atoms with E-state index in [4.69, 9.17) is 9.72 Å². The molecule has 0 saturated heterocycles. The maximum absolute atomic E-state index is 12.3. The van der Waals surface area contributed by atoms with Crippen LogP contribution >= 0.6 is 11.3 Å². The summed E-state index contributed by atoms with van der Waals surface area (Å²) in [5.41, 5.74) is 4.01. The Labute approximate surface area is 160 Å². The van der Waals surface area contributed by atoms with Crippen LogP contribution in [0.5, 0.6) is 0 Å². The average molecular weight is 379 g/mol. The Kier molecular flexibility index (Phi) is 4.45. The van der Waals surface area contributed by atoms with Crippen LogP contribution in [0.2, 0.25) is 0 Å². The third-order valence-corrected chi connectivity index (χ3v) is 5.31. The van der Waals surface area contributed by atoms with E-state index in [9.17, 15) is 9.59 Å². The Hall–Kier alpha value is -3.06. The molecule has 27 heavy (non-hydrogen) atoms. The number of pyridine rings is 1. The molecule has 0 N–H and O–H groups in total. The van der Waals surface area contributed by atoms with Crippen LogP contribution in [0.4, 0.5) is 10.5 Å². The number of aryl methyl sites for hydroxylation is 1. The molecule has 136 valence electrons. The molecular weight excluding hydrogens is 362 g/mol. The minimum absolute atomic E-state index is 0.179. The van der Waals surface area contributed by atoms with E-state index < -0.39 is 6.09 Å². The fourth-order valence-electron chi connectivity index (χ4n) is 3.12. The lowest BCUT2D eigenvalue weighted by atomic mass is 10.1. The van der Waals surface area contributed by atoms with Gasteiger partial charge in [0.05, 0.1) is 30.1 Å². The number of nitrogens with zero attached hydrogens (tertiary/aromatic N) is 3. The minimum atomic E-state index is -0.628. The predicted octanol–water partition coefficient (Wildman–Crippen LogP) is 4.23. The number of carbonyl (C=O) groups excluding carboxylic acids is 2. The van der Waals surface area contributed by atoms with Gasteiger partial charge in [-0.1, -0.05) is 12.1 Å². The number of hydrogen-bond acceptors (Lipinski definition) is 6. The molecular formula is C20H17N3O3S. The van der Waals surface area contributed by atoms with E-state index in [1.165, 1.54) is 0 Å². The molecule has 0 spiro atoms. The highest BCUT2D eigenvalue weighted by Gasteiger charge is 2.33. The lowest BCUT2D eigenvalue weighted by Crippen LogP contribution is -2.34. The number of hydrogen-bond donors (Lipinski definition) is 0. The van der Waals surface area contributed by atoms with E-state index in [1.807, 2.05) is 37.3 Å². The normalized spacial score (nSPS) is 13.0. The third-order valence-electron chi connectivity index (χ3n) is 4.32. The quantitative estimate of drug-likeness (QED) is 0.681. The summed E-state index contributed by atoms with van der Waals surface area (Å²) in [6.45, 7) is 3.96. The van der Waals surface area contributed by atoms with Gasteiger partial charge in [0.25, 0.3) is 0 Å². The Morgan fingerprint density at radius 3 is 2.89 bits per heavy atom. The van der Waals surface area contributed by atoms with E-state index in [2.05, 4.69) is 4.98 Å². The average Bonchev–Trinajstić information content (AvgIpc) is 3.21. The number of amides is 2. The zero-order valence-corrected chi connectivity index (χ0v) is 15.7. The predicted molar refractivity (Wildman–Crippen MR) is 104 cm³/mol. The molecule has 0 unspecified atom stereocenters. The van der Waals surface area contributed by atoms with Crippen LogP contribution in [0.1, 0.15) is 17.4 Å². The fourth-order valence-corrected chi connectivity index (χ4v) is 4.03. The van der Waals surface area contributed by atoms with Crippen molar-refractivity contribution in [2.24, 2.45) is 0 Å². The number of thiazole rings is 1. The highest BCUT2D eigenvalue weighted by Crippen LogP contribution is 2.37. The van der Waals surface area contributed by atoms with Gasteiger partial charge in [0, 0.05) is 16.6 Å². The molecule has 1 aromatic carbocycles. The number of imide groups is 1. The first-order valence-electron chi connectivity index (χ1n) is 8.60. The molecule has 0 saturated carbocycles. The number of ether oxygens (including phenoxy) is 1. The van der Waals surface area contributed by atoms with Gasteiger partial charge in [-0.05, 0) is 43.7 Å². The van der Waals surface area contributed by atoms with Crippen molar-refractivity contribution >= 4 is 29.0 Å². The van der Waals surface area contributed by atoms with Gasteiger partial charge in [0.2, 0.25) is 5.91 Å². The van der Waals surface area contributed by atoms with Crippen LogP contribution in [0.25, 0.3) is 22.0 Å². The zero-order valence-electron chi connectivity index (χ0n) is 14.9. The second-order valence-electron chi connectivity index (χ2n) is 6.09. The largest absolute Gasteiger partial charge is 0.449 e. The number of anilines is 1. The lowest BCUT2D eigenvalue weighted by molar-refractivity contribution is -0.116. The van der Waals surface area contributed by atoms with E-state index in [-0.39, 0.29) is 18.9 Å². The van der Waals surface area contributed by atoms with Gasteiger partial charge in [-0.15, -0.1) is 11.3 Å². The minimum Gasteiger partial charge on any atom is -0.449 e. The SMILES string of the molecule is CCOC(=O)N1C(=O)Cc2cc(-c3nc(-c4ccccn4)sc3C)ccc21. The summed E-state index contributed by atoms with van der Waals surface area (Å²) >= 11 is 1.58. The summed E-state index contributed by atoms with van der Waals surface area (Å²) in [6, 6.07) is 11.3. The molecule has 0 atom stereocenters. The molecule has 0 fully saturated rings. The molecule has 3 aromatic rings. The maximum atomic E-state index is 12.3. The molecule has 7 heteroatoms. The summed E-state index contributed by atoms with van der Waals surface area (Å²) in [5.74, 6) is -0.273. The second kappa shape index (κ2) is 6.92. The van der Waals surface area contributed by atoms with Crippen LogP contribution in [0, 0.1) is 6.92 Å². The topological polar surface area (TPSA) is 72.4 Å². The van der Waals surface area contributed by atoms with Crippen LogP contribution in [-0.4, -0.2) is 28.6 Å². The molecule has 3 heterocycles. The molecule has 0 bridgehead atoms. The third kappa shape index (κ3) is 3.10. The van der Waals surface area contributed by atoms with Crippen LogP contribution < -0.4 is 4.90 Å². The van der Waals surface area contributed by atoms with Crippen molar-refractivity contribution in [2.75, 3.05) is 11.5 Å². The van der Waals surface area contributed by atoms with Crippen LogP contribution in [-0.2, 0) is 16.0 Å². The molecule has 4 rings (SSSR count). The smallest absolute Gasteiger partial charge is 0.421 e. The molecule has 1 aliphatic rings. The monoisotopic (exact) mass is 379 g/mol. The summed E-state index contributed by atoms with van der Waals surface area (Å²) in [4.78, 5) is 35.6. The highest BCUT2D eigenvalue weighted by molar-refractivity contribution is 7.15. The van der Waals surface area contributed by atoms with E-state index in [0.29, 0.717) is 5.69 Å². The van der Waals surface area contributed by atoms with Crippen LogP contribution in [0.15, 0.2) is 42.6 Å². The maximum Gasteiger partial charge on any atom is 0.421 e. The Morgan fingerprint density at radius 2 is 2.15 bits per heavy atom. The first-order valence-corrected chi connectivity index (χ1v) is 9.42. The molecule has 6 nitrogen and oxygen atoms in total. The molecule has 0 aliphatic carbocycles. The van der Waals surface area contributed by atoms with Gasteiger partial charge < -0.3 is 4.74 Å². The van der Waals surface area contributed by atoms with Crippen LogP contribution in [0.3, 0.4) is 0 Å². The van der Waals surface area contributed by atoms with Crippen molar-refractivity contribution in [3.63, 3.8) is 0 Å². The fraction of sp³-hybridized carbons (Fsp3) is 0.200. The number of aromatic nitrogens is 2. The summed E-state index contributed by atoms with van der Waals surface area (Å²) < 4.78 is 4.99. The highest BCUT2D eigenvalue weighted by atomic mass is 32.1. The summed E-state index contributed by atoms with van der Waals surface area (Å²) in [6.07, 6.45) is 1.30. The molecule has 0 radical (unpaired) electrons.